The molecule has 1 aromatic heterocycles. The first-order valence-corrected chi connectivity index (χ1v) is 5.84. The zero-order chi connectivity index (χ0) is 13.0. The Bertz CT molecular complexity index is 526. The Labute approximate surface area is 105 Å². The van der Waals surface area contributed by atoms with Crippen LogP contribution >= 0.6 is 0 Å². The molecule has 1 aromatic carbocycles. The lowest BCUT2D eigenvalue weighted by atomic mass is 10.2. The fourth-order valence-electron chi connectivity index (χ4n) is 1.60. The molecule has 0 radical (unpaired) electrons. The van der Waals surface area contributed by atoms with Crippen molar-refractivity contribution >= 4 is 0 Å². The van der Waals surface area contributed by atoms with Crippen molar-refractivity contribution in [2.24, 2.45) is 5.73 Å². The van der Waals surface area contributed by atoms with Gasteiger partial charge in [0.15, 0.2) is 5.82 Å². The Kier molecular flexibility index (Phi) is 3.89. The summed E-state index contributed by atoms with van der Waals surface area (Å²) in [5.74, 6) is 0.0227. The molecule has 0 aliphatic heterocycles. The third-order valence-corrected chi connectivity index (χ3v) is 2.70. The van der Waals surface area contributed by atoms with Crippen LogP contribution in [0.15, 0.2) is 36.5 Å². The Hall–Kier alpha value is -1.94. The molecule has 4 heteroatoms. The van der Waals surface area contributed by atoms with Gasteiger partial charge in [0.2, 0.25) is 0 Å². The normalized spacial score (nSPS) is 10.4. The highest BCUT2D eigenvalue weighted by Gasteiger charge is 2.10. The molecule has 0 bridgehead atoms. The number of hydrogen-bond donors (Lipinski definition) is 1. The minimum Gasteiger partial charge on any atom is -0.436 e. The van der Waals surface area contributed by atoms with E-state index in [1.807, 2.05) is 12.1 Å². The summed E-state index contributed by atoms with van der Waals surface area (Å²) in [5.41, 5.74) is 7.02. The van der Waals surface area contributed by atoms with Crippen molar-refractivity contribution in [1.82, 2.24) is 4.98 Å². The van der Waals surface area contributed by atoms with Gasteiger partial charge in [0.25, 0.3) is 5.88 Å². The third kappa shape index (κ3) is 2.65. The molecule has 1 heterocycles. The van der Waals surface area contributed by atoms with Gasteiger partial charge in [-0.2, -0.15) is 0 Å². The monoisotopic (exact) mass is 246 g/mol. The van der Waals surface area contributed by atoms with E-state index in [2.05, 4.69) is 11.9 Å². The first kappa shape index (κ1) is 12.5. The largest absolute Gasteiger partial charge is 0.436 e. The van der Waals surface area contributed by atoms with Crippen molar-refractivity contribution in [3.63, 3.8) is 0 Å². The smallest absolute Gasteiger partial charge is 0.256 e. The molecule has 94 valence electrons. The van der Waals surface area contributed by atoms with Gasteiger partial charge in [0.05, 0.1) is 0 Å². The topological polar surface area (TPSA) is 48.1 Å². The average Bonchev–Trinajstić information content (AvgIpc) is 2.42. The van der Waals surface area contributed by atoms with Crippen LogP contribution in [0.2, 0.25) is 0 Å². The highest BCUT2D eigenvalue weighted by atomic mass is 19.1. The van der Waals surface area contributed by atoms with Gasteiger partial charge in [-0.3, -0.25) is 0 Å². The zero-order valence-corrected chi connectivity index (χ0v) is 10.2. The van der Waals surface area contributed by atoms with Crippen LogP contribution in [0.3, 0.4) is 0 Å². The van der Waals surface area contributed by atoms with Crippen molar-refractivity contribution in [3.05, 3.63) is 53.5 Å². The van der Waals surface area contributed by atoms with Gasteiger partial charge in [-0.25, -0.2) is 9.37 Å². The second kappa shape index (κ2) is 5.60. The SMILES string of the molecule is CCc1ccc(Oc2nccc(CN)c2F)cc1. The molecular weight excluding hydrogens is 231 g/mol. The number of benzene rings is 1. The van der Waals surface area contributed by atoms with Crippen LogP contribution < -0.4 is 10.5 Å². The summed E-state index contributed by atoms with van der Waals surface area (Å²) in [6.45, 7) is 2.20. The number of halogens is 1. The number of aryl methyl sites for hydroxylation is 1. The summed E-state index contributed by atoms with van der Waals surface area (Å²) < 4.78 is 19.2. The quantitative estimate of drug-likeness (QED) is 0.902. The van der Waals surface area contributed by atoms with E-state index in [4.69, 9.17) is 10.5 Å². The maximum Gasteiger partial charge on any atom is 0.256 e. The fraction of sp³-hybridized carbons (Fsp3) is 0.214. The second-order valence-electron chi connectivity index (χ2n) is 3.89. The van der Waals surface area contributed by atoms with Crippen LogP contribution in [0.5, 0.6) is 11.6 Å². The summed E-state index contributed by atoms with van der Waals surface area (Å²) in [5, 5.41) is 0. The van der Waals surface area contributed by atoms with E-state index in [0.717, 1.165) is 6.42 Å². The summed E-state index contributed by atoms with van der Waals surface area (Å²) >= 11 is 0. The number of rotatable bonds is 4. The molecule has 0 atom stereocenters. The standard InChI is InChI=1S/C14H15FN2O/c1-2-10-3-5-12(6-4-10)18-14-13(15)11(9-16)7-8-17-14/h3-8H,2,9,16H2,1H3. The summed E-state index contributed by atoms with van der Waals surface area (Å²) in [7, 11) is 0. The van der Waals surface area contributed by atoms with E-state index in [-0.39, 0.29) is 12.4 Å². The van der Waals surface area contributed by atoms with Crippen LogP contribution in [0.1, 0.15) is 18.1 Å². The second-order valence-corrected chi connectivity index (χ2v) is 3.89. The molecule has 18 heavy (non-hydrogen) atoms. The summed E-state index contributed by atoms with van der Waals surface area (Å²) in [6.07, 6.45) is 2.44. The molecule has 0 fully saturated rings. The van der Waals surface area contributed by atoms with Gasteiger partial charge in [0, 0.05) is 18.3 Å². The van der Waals surface area contributed by atoms with E-state index in [9.17, 15) is 4.39 Å². The van der Waals surface area contributed by atoms with Crippen molar-refractivity contribution in [2.45, 2.75) is 19.9 Å². The Balaban J connectivity index is 2.22. The molecule has 0 aliphatic rings. The lowest BCUT2D eigenvalue weighted by Gasteiger charge is -2.08. The van der Waals surface area contributed by atoms with E-state index in [1.165, 1.54) is 11.8 Å². The third-order valence-electron chi connectivity index (χ3n) is 2.70. The number of aromatic nitrogens is 1. The highest BCUT2D eigenvalue weighted by Crippen LogP contribution is 2.24. The molecule has 0 saturated carbocycles. The molecule has 2 N–H and O–H groups in total. The lowest BCUT2D eigenvalue weighted by Crippen LogP contribution is -2.02. The number of pyridine rings is 1. The Morgan fingerprint density at radius 1 is 1.22 bits per heavy atom. The van der Waals surface area contributed by atoms with Crippen LogP contribution in [0.25, 0.3) is 0 Å². The maximum absolute atomic E-state index is 13.8. The van der Waals surface area contributed by atoms with Crippen LogP contribution in [-0.2, 0) is 13.0 Å². The molecule has 0 amide bonds. The van der Waals surface area contributed by atoms with Crippen molar-refractivity contribution < 1.29 is 9.13 Å². The van der Waals surface area contributed by atoms with Crippen molar-refractivity contribution in [2.75, 3.05) is 0 Å². The van der Waals surface area contributed by atoms with Gasteiger partial charge in [-0.1, -0.05) is 19.1 Å². The van der Waals surface area contributed by atoms with Gasteiger partial charge < -0.3 is 10.5 Å². The summed E-state index contributed by atoms with van der Waals surface area (Å²) in [6, 6.07) is 9.03. The summed E-state index contributed by atoms with van der Waals surface area (Å²) in [4.78, 5) is 3.87. The Morgan fingerprint density at radius 3 is 2.56 bits per heavy atom. The maximum atomic E-state index is 13.8. The first-order chi connectivity index (χ1) is 8.74. The van der Waals surface area contributed by atoms with E-state index >= 15 is 0 Å². The van der Waals surface area contributed by atoms with Crippen molar-refractivity contribution in [3.8, 4) is 11.6 Å². The van der Waals surface area contributed by atoms with Gasteiger partial charge >= 0.3 is 0 Å². The number of nitrogens with zero attached hydrogens (tertiary/aromatic N) is 1. The zero-order valence-electron chi connectivity index (χ0n) is 10.2. The number of nitrogens with two attached hydrogens (primary N) is 1. The molecule has 2 aromatic rings. The molecule has 0 aliphatic carbocycles. The van der Waals surface area contributed by atoms with Crippen molar-refractivity contribution in [1.29, 1.82) is 0 Å². The molecule has 0 spiro atoms. The minimum atomic E-state index is -0.500. The van der Waals surface area contributed by atoms with E-state index in [1.54, 1.807) is 18.2 Å². The van der Waals surface area contributed by atoms with E-state index < -0.39 is 5.82 Å². The molecule has 0 unspecified atom stereocenters. The number of hydrogen-bond acceptors (Lipinski definition) is 3. The minimum absolute atomic E-state index is 0.0396. The van der Waals surface area contributed by atoms with Gasteiger partial charge in [0.1, 0.15) is 5.75 Å². The average molecular weight is 246 g/mol. The molecule has 0 saturated heterocycles. The molecule has 2 rings (SSSR count). The highest BCUT2D eigenvalue weighted by molar-refractivity contribution is 5.32. The first-order valence-electron chi connectivity index (χ1n) is 5.84. The van der Waals surface area contributed by atoms with Crippen LogP contribution in [0, 0.1) is 5.82 Å². The lowest BCUT2D eigenvalue weighted by molar-refractivity contribution is 0.419. The predicted molar refractivity (Wildman–Crippen MR) is 68.0 cm³/mol. The van der Waals surface area contributed by atoms with Gasteiger partial charge in [-0.15, -0.1) is 0 Å². The Morgan fingerprint density at radius 2 is 1.94 bits per heavy atom. The molecule has 3 nitrogen and oxygen atoms in total. The number of ether oxygens (including phenoxy) is 1. The molecular formula is C14H15FN2O. The van der Waals surface area contributed by atoms with Crippen LogP contribution in [-0.4, -0.2) is 4.98 Å². The predicted octanol–water partition coefficient (Wildman–Crippen LogP) is 3.03. The van der Waals surface area contributed by atoms with Gasteiger partial charge in [-0.05, 0) is 30.2 Å². The van der Waals surface area contributed by atoms with E-state index in [0.29, 0.717) is 11.3 Å². The fourth-order valence-corrected chi connectivity index (χ4v) is 1.60. The van der Waals surface area contributed by atoms with Crippen LogP contribution in [0.4, 0.5) is 4.39 Å².